The third-order valence-corrected chi connectivity index (χ3v) is 8.78. The van der Waals surface area contributed by atoms with Gasteiger partial charge in [0.25, 0.3) is 8.07 Å². The van der Waals surface area contributed by atoms with Crippen LogP contribution in [-0.2, 0) is 0 Å². The molecule has 0 unspecified atom stereocenters. The van der Waals surface area contributed by atoms with Crippen molar-refractivity contribution in [2.75, 3.05) is 0 Å². The summed E-state index contributed by atoms with van der Waals surface area (Å²) in [5.41, 5.74) is 7.52. The molecule has 0 atom stereocenters. The molecule has 0 aliphatic rings. The van der Waals surface area contributed by atoms with Crippen molar-refractivity contribution in [1.29, 1.82) is 0 Å². The Kier molecular flexibility index (Phi) is 11.0. The Balaban J connectivity index is 2.35. The van der Waals surface area contributed by atoms with E-state index in [4.69, 9.17) is 0 Å². The van der Waals surface area contributed by atoms with Gasteiger partial charge in [-0.2, -0.15) is 0 Å². The Hall–Kier alpha value is -2.22. The molecule has 2 aromatic carbocycles. The molecule has 2 rings (SSSR count). The highest BCUT2D eigenvalue weighted by Gasteiger charge is 2.34. The van der Waals surface area contributed by atoms with Gasteiger partial charge in [0.1, 0.15) is 0 Å². The molecular weight excluding hydrogens is 364 g/mol. The first-order chi connectivity index (χ1) is 14.3. The summed E-state index contributed by atoms with van der Waals surface area (Å²) in [6, 6.07) is 21.6. The molecule has 0 aliphatic heterocycles. The third kappa shape index (κ3) is 7.60. The Labute approximate surface area is 180 Å². The van der Waals surface area contributed by atoms with Crippen LogP contribution in [-0.4, -0.2) is 8.07 Å². The molecule has 29 heavy (non-hydrogen) atoms. The topological polar surface area (TPSA) is 0 Å². The highest BCUT2D eigenvalue weighted by Crippen LogP contribution is 2.07. The first kappa shape index (κ1) is 23.1. The van der Waals surface area contributed by atoms with E-state index in [-0.39, 0.29) is 0 Å². The molecule has 0 spiro atoms. The number of hydrogen-bond acceptors (Lipinski definition) is 0. The zero-order valence-corrected chi connectivity index (χ0v) is 19.3. The van der Waals surface area contributed by atoms with E-state index < -0.39 is 8.07 Å². The van der Waals surface area contributed by atoms with Crippen molar-refractivity contribution in [3.05, 3.63) is 60.7 Å². The summed E-state index contributed by atoms with van der Waals surface area (Å²) >= 11 is 0. The Morgan fingerprint density at radius 1 is 0.552 bits per heavy atom. The summed E-state index contributed by atoms with van der Waals surface area (Å²) < 4.78 is 0. The Morgan fingerprint density at radius 3 is 1.34 bits per heavy atom. The van der Waals surface area contributed by atoms with E-state index in [0.717, 1.165) is 12.8 Å². The maximum Gasteiger partial charge on any atom is 0.275 e. The fourth-order valence-corrected chi connectivity index (χ4v) is 6.67. The fourth-order valence-electron chi connectivity index (χ4n) is 3.53. The summed E-state index contributed by atoms with van der Waals surface area (Å²) in [4.78, 5) is 0. The van der Waals surface area contributed by atoms with E-state index in [0.29, 0.717) is 0 Å². The van der Waals surface area contributed by atoms with Gasteiger partial charge in [0.2, 0.25) is 0 Å². The molecule has 0 nitrogen and oxygen atoms in total. The average molecular weight is 401 g/mol. The lowest BCUT2D eigenvalue weighted by Gasteiger charge is -2.21. The van der Waals surface area contributed by atoms with E-state index in [2.05, 4.69) is 97.4 Å². The zero-order valence-electron chi connectivity index (χ0n) is 18.3. The second kappa shape index (κ2) is 13.9. The summed E-state index contributed by atoms with van der Waals surface area (Å²) in [5.74, 6) is 7.11. The number of benzene rings is 2. The van der Waals surface area contributed by atoms with Crippen LogP contribution in [0.5, 0.6) is 0 Å². The highest BCUT2D eigenvalue weighted by atomic mass is 28.3. The summed E-state index contributed by atoms with van der Waals surface area (Å²) in [7, 11) is -2.41. The maximum atomic E-state index is 3.76. The van der Waals surface area contributed by atoms with Crippen molar-refractivity contribution < 1.29 is 0 Å². The molecule has 0 saturated heterocycles. The SMILES string of the molecule is CCCCCCC#C[Si](C#CCCCCCC)(c1ccccc1)c1ccccc1. The van der Waals surface area contributed by atoms with Gasteiger partial charge in [0, 0.05) is 12.8 Å². The normalized spacial score (nSPS) is 10.6. The molecular formula is C28H36Si. The van der Waals surface area contributed by atoms with Crippen molar-refractivity contribution in [2.24, 2.45) is 0 Å². The molecule has 0 radical (unpaired) electrons. The smallest absolute Gasteiger partial charge is 0.108 e. The van der Waals surface area contributed by atoms with Gasteiger partial charge < -0.3 is 0 Å². The lowest BCUT2D eigenvalue weighted by atomic mass is 10.2. The van der Waals surface area contributed by atoms with E-state index in [1.165, 1.54) is 61.7 Å². The largest absolute Gasteiger partial charge is 0.275 e. The molecule has 0 fully saturated rings. The van der Waals surface area contributed by atoms with E-state index >= 15 is 0 Å². The summed E-state index contributed by atoms with van der Waals surface area (Å²) in [6.45, 7) is 4.51. The minimum absolute atomic E-state index is 0.979. The predicted octanol–water partition coefficient (Wildman–Crippen LogP) is 6.28. The van der Waals surface area contributed by atoms with Gasteiger partial charge in [-0.1, -0.05) is 113 Å². The molecule has 1 heteroatoms. The van der Waals surface area contributed by atoms with Crippen LogP contribution in [0.1, 0.15) is 78.1 Å². The van der Waals surface area contributed by atoms with Crippen molar-refractivity contribution in [3.63, 3.8) is 0 Å². The van der Waals surface area contributed by atoms with Crippen LogP contribution in [0.15, 0.2) is 60.7 Å². The van der Waals surface area contributed by atoms with Crippen molar-refractivity contribution in [2.45, 2.75) is 78.1 Å². The quantitative estimate of drug-likeness (QED) is 0.250. The van der Waals surface area contributed by atoms with E-state index in [9.17, 15) is 0 Å². The number of hydrogen-bond donors (Lipinski definition) is 0. The third-order valence-electron chi connectivity index (χ3n) is 5.28. The zero-order chi connectivity index (χ0) is 20.6. The molecule has 0 saturated carbocycles. The molecule has 0 heterocycles. The predicted molar refractivity (Wildman–Crippen MR) is 131 cm³/mol. The van der Waals surface area contributed by atoms with Crippen LogP contribution >= 0.6 is 0 Å². The van der Waals surface area contributed by atoms with Crippen molar-refractivity contribution in [1.82, 2.24) is 0 Å². The van der Waals surface area contributed by atoms with E-state index in [1.54, 1.807) is 0 Å². The van der Waals surface area contributed by atoms with Gasteiger partial charge in [0.15, 0.2) is 0 Å². The highest BCUT2D eigenvalue weighted by molar-refractivity contribution is 7.13. The minimum atomic E-state index is -2.41. The summed E-state index contributed by atoms with van der Waals surface area (Å²) in [6.07, 6.45) is 12.0. The van der Waals surface area contributed by atoms with Crippen LogP contribution in [0, 0.1) is 22.9 Å². The van der Waals surface area contributed by atoms with Crippen LogP contribution in [0.25, 0.3) is 0 Å². The van der Waals surface area contributed by atoms with Gasteiger partial charge >= 0.3 is 0 Å². The van der Waals surface area contributed by atoms with Gasteiger partial charge in [-0.3, -0.25) is 0 Å². The lowest BCUT2D eigenvalue weighted by Crippen LogP contribution is -2.57. The molecule has 0 N–H and O–H groups in total. The van der Waals surface area contributed by atoms with Crippen LogP contribution < -0.4 is 10.4 Å². The maximum absolute atomic E-state index is 3.76. The second-order valence-electron chi connectivity index (χ2n) is 7.71. The molecule has 0 bridgehead atoms. The molecule has 0 amide bonds. The number of unbranched alkanes of at least 4 members (excludes halogenated alkanes) is 8. The first-order valence-corrected chi connectivity index (χ1v) is 13.4. The fraction of sp³-hybridized carbons (Fsp3) is 0.429. The van der Waals surface area contributed by atoms with Gasteiger partial charge in [0.05, 0.1) is 0 Å². The first-order valence-electron chi connectivity index (χ1n) is 11.4. The average Bonchev–Trinajstić information content (AvgIpc) is 2.78. The Morgan fingerprint density at radius 2 is 0.966 bits per heavy atom. The lowest BCUT2D eigenvalue weighted by molar-refractivity contribution is 0.679. The van der Waals surface area contributed by atoms with Gasteiger partial charge in [-0.05, 0) is 23.2 Å². The van der Waals surface area contributed by atoms with Crippen LogP contribution in [0.4, 0.5) is 0 Å². The van der Waals surface area contributed by atoms with Gasteiger partial charge in [-0.25, -0.2) is 0 Å². The van der Waals surface area contributed by atoms with Crippen molar-refractivity contribution in [3.8, 4) is 22.9 Å². The molecule has 152 valence electrons. The van der Waals surface area contributed by atoms with Gasteiger partial charge in [-0.15, -0.1) is 22.9 Å². The molecule has 0 aliphatic carbocycles. The van der Waals surface area contributed by atoms with Crippen LogP contribution in [0.3, 0.4) is 0 Å². The van der Waals surface area contributed by atoms with Crippen LogP contribution in [0.2, 0.25) is 0 Å². The minimum Gasteiger partial charge on any atom is -0.108 e. The van der Waals surface area contributed by atoms with E-state index in [1.807, 2.05) is 0 Å². The molecule has 2 aromatic rings. The summed E-state index contributed by atoms with van der Waals surface area (Å²) in [5, 5.41) is 2.63. The van der Waals surface area contributed by atoms with Crippen molar-refractivity contribution >= 4 is 18.4 Å². The standard InChI is InChI=1S/C28H36Si/c1-3-5-7-9-11-19-25-29(27-21-15-13-16-22-27,28-23-17-14-18-24-28)26-20-12-10-8-6-4-2/h13-18,21-24H,3-12H2,1-2H3. The number of rotatable bonds is 10. The monoisotopic (exact) mass is 400 g/mol. The second-order valence-corrected chi connectivity index (χ2v) is 10.9. The molecule has 0 aromatic heterocycles. The Bertz CT molecular complexity index is 728.